The molecule has 2 heterocycles. The van der Waals surface area contributed by atoms with Crippen molar-refractivity contribution in [3.63, 3.8) is 0 Å². The fourth-order valence-electron chi connectivity index (χ4n) is 3.17. The van der Waals surface area contributed by atoms with Crippen molar-refractivity contribution >= 4 is 10.1 Å². The first-order chi connectivity index (χ1) is 10.8. The third-order valence-electron chi connectivity index (χ3n) is 4.21. The number of nitrogens with zero attached hydrogens (tertiary/aromatic N) is 1. The summed E-state index contributed by atoms with van der Waals surface area (Å²) < 4.78 is 63.8. The predicted molar refractivity (Wildman–Crippen MR) is 77.6 cm³/mol. The van der Waals surface area contributed by atoms with Gasteiger partial charge in [-0.05, 0) is 24.5 Å². The molecule has 2 unspecified atom stereocenters. The lowest BCUT2D eigenvalue weighted by Crippen LogP contribution is -2.39. The molecule has 126 valence electrons. The average Bonchev–Trinajstić information content (AvgIpc) is 2.69. The van der Waals surface area contributed by atoms with Gasteiger partial charge in [-0.2, -0.15) is 21.6 Å². The quantitative estimate of drug-likeness (QED) is 0.620. The fraction of sp³-hybridized carbons (Fsp3) is 0.467. The highest BCUT2D eigenvalue weighted by atomic mass is 32.2. The maximum Gasteiger partial charge on any atom is 0.534 e. The van der Waals surface area contributed by atoms with Crippen molar-refractivity contribution in [1.29, 1.82) is 0 Å². The van der Waals surface area contributed by atoms with Crippen LogP contribution in [-0.2, 0) is 20.8 Å². The summed E-state index contributed by atoms with van der Waals surface area (Å²) in [6, 6.07) is 9.67. The Morgan fingerprint density at radius 2 is 1.87 bits per heavy atom. The molecule has 1 fully saturated rings. The molecule has 3 rings (SSSR count). The Hall–Kier alpha value is -1.54. The van der Waals surface area contributed by atoms with Crippen LogP contribution in [0.4, 0.5) is 13.2 Å². The molecule has 2 bridgehead atoms. The predicted octanol–water partition coefficient (Wildman–Crippen LogP) is 3.17. The van der Waals surface area contributed by atoms with E-state index in [1.807, 2.05) is 30.3 Å². The Morgan fingerprint density at radius 3 is 2.48 bits per heavy atom. The number of benzene rings is 1. The second-order valence-electron chi connectivity index (χ2n) is 5.78. The van der Waals surface area contributed by atoms with E-state index in [9.17, 15) is 21.6 Å². The first-order valence-electron chi connectivity index (χ1n) is 7.27. The van der Waals surface area contributed by atoms with Crippen LogP contribution in [0.15, 0.2) is 42.2 Å². The summed E-state index contributed by atoms with van der Waals surface area (Å²) in [6.45, 7) is 0.686. The van der Waals surface area contributed by atoms with Gasteiger partial charge in [-0.25, -0.2) is 0 Å². The Kier molecular flexibility index (Phi) is 4.14. The molecule has 0 radical (unpaired) electrons. The molecular formula is C15H16F3NO3S. The molecule has 8 heteroatoms. The minimum absolute atomic E-state index is 0.00337. The van der Waals surface area contributed by atoms with E-state index in [0.717, 1.165) is 18.4 Å². The molecule has 0 aliphatic carbocycles. The molecule has 0 saturated carbocycles. The van der Waals surface area contributed by atoms with Gasteiger partial charge in [0.2, 0.25) is 0 Å². The Labute approximate surface area is 132 Å². The van der Waals surface area contributed by atoms with E-state index >= 15 is 0 Å². The number of rotatable bonds is 4. The van der Waals surface area contributed by atoms with Gasteiger partial charge in [-0.1, -0.05) is 30.3 Å². The van der Waals surface area contributed by atoms with E-state index in [1.54, 1.807) is 0 Å². The largest absolute Gasteiger partial charge is 0.534 e. The lowest BCUT2D eigenvalue weighted by molar-refractivity contribution is -0.0526. The molecular weight excluding hydrogens is 331 g/mol. The van der Waals surface area contributed by atoms with Crippen molar-refractivity contribution in [3.8, 4) is 0 Å². The van der Waals surface area contributed by atoms with E-state index in [4.69, 9.17) is 0 Å². The third kappa shape index (κ3) is 3.37. The molecule has 1 saturated heterocycles. The number of hydrogen-bond acceptors (Lipinski definition) is 4. The van der Waals surface area contributed by atoms with Gasteiger partial charge < -0.3 is 4.18 Å². The molecule has 2 aliphatic rings. The normalized spacial score (nSPS) is 25.3. The van der Waals surface area contributed by atoms with Crippen molar-refractivity contribution in [2.75, 3.05) is 0 Å². The van der Waals surface area contributed by atoms with Gasteiger partial charge in [0.15, 0.2) is 0 Å². The molecule has 0 spiro atoms. The first kappa shape index (κ1) is 16.3. The second kappa shape index (κ2) is 5.83. The van der Waals surface area contributed by atoms with Gasteiger partial charge in [0.1, 0.15) is 5.76 Å². The number of halogens is 3. The smallest absolute Gasteiger partial charge is 0.381 e. The van der Waals surface area contributed by atoms with Crippen molar-refractivity contribution < 1.29 is 25.8 Å². The van der Waals surface area contributed by atoms with Crippen molar-refractivity contribution in [1.82, 2.24) is 4.90 Å². The van der Waals surface area contributed by atoms with Gasteiger partial charge in [-0.15, -0.1) is 0 Å². The molecule has 0 amide bonds. The van der Waals surface area contributed by atoms with Crippen LogP contribution >= 0.6 is 0 Å². The lowest BCUT2D eigenvalue weighted by Gasteiger charge is -2.33. The summed E-state index contributed by atoms with van der Waals surface area (Å²) >= 11 is 0. The summed E-state index contributed by atoms with van der Waals surface area (Å²) in [4.78, 5) is 2.18. The maximum atomic E-state index is 12.4. The molecule has 23 heavy (non-hydrogen) atoms. The molecule has 1 aromatic carbocycles. The number of hydrogen-bond donors (Lipinski definition) is 0. The van der Waals surface area contributed by atoms with Gasteiger partial charge in [0.05, 0.1) is 0 Å². The second-order valence-corrected chi connectivity index (χ2v) is 7.31. The molecule has 2 atom stereocenters. The van der Waals surface area contributed by atoms with Gasteiger partial charge in [-0.3, -0.25) is 4.90 Å². The maximum absolute atomic E-state index is 12.4. The van der Waals surface area contributed by atoms with Crippen LogP contribution in [0.5, 0.6) is 0 Å². The summed E-state index contributed by atoms with van der Waals surface area (Å²) in [7, 11) is -5.58. The Morgan fingerprint density at radius 1 is 1.17 bits per heavy atom. The monoisotopic (exact) mass is 347 g/mol. The van der Waals surface area contributed by atoms with E-state index in [1.165, 1.54) is 6.08 Å². The molecule has 0 N–H and O–H groups in total. The van der Waals surface area contributed by atoms with E-state index in [0.29, 0.717) is 6.54 Å². The summed E-state index contributed by atoms with van der Waals surface area (Å²) in [5.74, 6) is -0.0980. The Bertz CT molecular complexity index is 700. The van der Waals surface area contributed by atoms with Crippen LogP contribution in [0, 0.1) is 0 Å². The average molecular weight is 347 g/mol. The van der Waals surface area contributed by atoms with Crippen LogP contribution in [0.1, 0.15) is 24.8 Å². The zero-order valence-corrected chi connectivity index (χ0v) is 13.0. The zero-order valence-electron chi connectivity index (χ0n) is 12.2. The number of alkyl halides is 3. The highest BCUT2D eigenvalue weighted by molar-refractivity contribution is 7.87. The molecule has 2 aliphatic heterocycles. The standard InChI is InChI=1S/C15H16F3NO3S/c16-15(17,18)23(20,21)22-14-8-12-6-7-13(9-14)19(12)10-11-4-2-1-3-5-11/h1-5,8,12-13H,6-7,9-10H2. The van der Waals surface area contributed by atoms with Crippen LogP contribution in [-0.4, -0.2) is 30.9 Å². The van der Waals surface area contributed by atoms with Crippen molar-refractivity contribution in [2.24, 2.45) is 0 Å². The molecule has 0 aromatic heterocycles. The van der Waals surface area contributed by atoms with Crippen molar-refractivity contribution in [3.05, 3.63) is 47.7 Å². The van der Waals surface area contributed by atoms with Crippen LogP contribution in [0.25, 0.3) is 0 Å². The minimum atomic E-state index is -5.58. The number of fused-ring (bicyclic) bond motifs is 2. The third-order valence-corrected chi connectivity index (χ3v) is 5.21. The molecule has 1 aromatic rings. The van der Waals surface area contributed by atoms with E-state index in [-0.39, 0.29) is 24.3 Å². The topological polar surface area (TPSA) is 46.6 Å². The molecule has 4 nitrogen and oxygen atoms in total. The van der Waals surface area contributed by atoms with Gasteiger partial charge >= 0.3 is 15.6 Å². The van der Waals surface area contributed by atoms with E-state index in [2.05, 4.69) is 9.08 Å². The van der Waals surface area contributed by atoms with Crippen LogP contribution in [0.2, 0.25) is 0 Å². The summed E-state index contributed by atoms with van der Waals surface area (Å²) in [6.07, 6.45) is 3.29. The van der Waals surface area contributed by atoms with Crippen LogP contribution < -0.4 is 0 Å². The Balaban J connectivity index is 1.74. The van der Waals surface area contributed by atoms with Gasteiger partial charge in [0.25, 0.3) is 0 Å². The highest BCUT2D eigenvalue weighted by Gasteiger charge is 2.49. The van der Waals surface area contributed by atoms with Crippen molar-refractivity contribution in [2.45, 2.75) is 43.4 Å². The minimum Gasteiger partial charge on any atom is -0.381 e. The van der Waals surface area contributed by atoms with E-state index < -0.39 is 15.6 Å². The zero-order chi connectivity index (χ0) is 16.7. The highest BCUT2D eigenvalue weighted by Crippen LogP contribution is 2.38. The summed E-state index contributed by atoms with van der Waals surface area (Å²) in [5.41, 5.74) is -4.28. The van der Waals surface area contributed by atoms with Gasteiger partial charge in [0, 0.05) is 25.0 Å². The summed E-state index contributed by atoms with van der Waals surface area (Å²) in [5, 5.41) is 0. The lowest BCUT2D eigenvalue weighted by atomic mass is 10.1. The van der Waals surface area contributed by atoms with Crippen LogP contribution in [0.3, 0.4) is 0 Å². The fourth-order valence-corrected chi connectivity index (χ4v) is 3.67. The SMILES string of the molecule is O=S(=O)(OC1=CC2CCC(C1)N2Cc1ccccc1)C(F)(F)F. The first-order valence-corrected chi connectivity index (χ1v) is 8.68.